The fourth-order valence-corrected chi connectivity index (χ4v) is 7.46. The monoisotopic (exact) mass is 563 g/mol. The number of nitrogens with one attached hydrogen (secondary N) is 2. The Morgan fingerprint density at radius 3 is 2.17 bits per heavy atom. The number of nitrogens with zero attached hydrogens (tertiary/aromatic N) is 3. The first-order valence-corrected chi connectivity index (χ1v) is 15.7. The summed E-state index contributed by atoms with van der Waals surface area (Å²) in [5.41, 5.74) is 1.99. The lowest BCUT2D eigenvalue weighted by atomic mass is 9.93. The Morgan fingerprint density at radius 2 is 1.59 bits per heavy atom. The van der Waals surface area contributed by atoms with Crippen molar-refractivity contribution in [2.45, 2.75) is 114 Å². The molecule has 1 aromatic heterocycles. The highest BCUT2D eigenvalue weighted by Gasteiger charge is 2.39. The average molecular weight is 564 g/mol. The number of fused-ring (bicyclic) bond motifs is 2. The number of methoxy groups -OCH3 is 2. The molecule has 2 aromatic rings. The van der Waals surface area contributed by atoms with Gasteiger partial charge in [-0.15, -0.1) is 0 Å². The maximum atomic E-state index is 13.8. The van der Waals surface area contributed by atoms with Gasteiger partial charge >= 0.3 is 0 Å². The van der Waals surface area contributed by atoms with Crippen molar-refractivity contribution in [2.24, 2.45) is 0 Å². The van der Waals surface area contributed by atoms with Crippen molar-refractivity contribution in [3.8, 4) is 22.8 Å². The summed E-state index contributed by atoms with van der Waals surface area (Å²) in [5.74, 6) is 1.16. The molecule has 222 valence electrons. The second kappa shape index (κ2) is 12.4. The molecule has 6 rings (SSSR count). The first-order chi connectivity index (χ1) is 20.0. The van der Waals surface area contributed by atoms with Gasteiger partial charge < -0.3 is 20.1 Å². The zero-order valence-corrected chi connectivity index (χ0v) is 24.6. The molecule has 2 aliphatic heterocycles. The van der Waals surface area contributed by atoms with E-state index in [4.69, 9.17) is 14.6 Å². The number of rotatable bonds is 12. The van der Waals surface area contributed by atoms with Gasteiger partial charge in [-0.05, 0) is 82.4 Å². The van der Waals surface area contributed by atoms with Gasteiger partial charge in [0, 0.05) is 37.1 Å². The fraction of sp³-hybridized carbons (Fsp3) is 0.656. The van der Waals surface area contributed by atoms with E-state index in [9.17, 15) is 9.59 Å². The van der Waals surface area contributed by atoms with E-state index >= 15 is 0 Å². The number of benzene rings is 1. The van der Waals surface area contributed by atoms with Gasteiger partial charge in [-0.3, -0.25) is 19.2 Å². The Morgan fingerprint density at radius 1 is 0.927 bits per heavy atom. The fourth-order valence-electron chi connectivity index (χ4n) is 7.46. The molecule has 9 nitrogen and oxygen atoms in total. The largest absolute Gasteiger partial charge is 0.496 e. The lowest BCUT2D eigenvalue weighted by Gasteiger charge is -2.28. The van der Waals surface area contributed by atoms with Crippen LogP contribution >= 0.6 is 0 Å². The molecule has 2 aliphatic carbocycles. The number of hydrogen-bond acceptors (Lipinski definition) is 6. The maximum Gasteiger partial charge on any atom is 0.272 e. The molecule has 2 saturated heterocycles. The van der Waals surface area contributed by atoms with Crippen LogP contribution < -0.4 is 20.1 Å². The summed E-state index contributed by atoms with van der Waals surface area (Å²) < 4.78 is 13.4. The molecule has 41 heavy (non-hydrogen) atoms. The second-order valence-corrected chi connectivity index (χ2v) is 12.4. The van der Waals surface area contributed by atoms with Crippen LogP contribution in [0.25, 0.3) is 11.3 Å². The molecule has 2 bridgehead atoms. The summed E-state index contributed by atoms with van der Waals surface area (Å²) in [7, 11) is 3.29. The Labute approximate surface area is 243 Å². The van der Waals surface area contributed by atoms with Crippen molar-refractivity contribution in [3.05, 3.63) is 30.0 Å². The van der Waals surface area contributed by atoms with E-state index < -0.39 is 0 Å². The highest BCUT2D eigenvalue weighted by molar-refractivity contribution is 5.94. The van der Waals surface area contributed by atoms with Gasteiger partial charge in [0.15, 0.2) is 5.69 Å². The highest BCUT2D eigenvalue weighted by atomic mass is 16.5. The summed E-state index contributed by atoms with van der Waals surface area (Å²) in [5, 5.41) is 11.3. The Bertz CT molecular complexity index is 1190. The van der Waals surface area contributed by atoms with Crippen molar-refractivity contribution < 1.29 is 19.1 Å². The van der Waals surface area contributed by atoms with Crippen molar-refractivity contribution in [1.29, 1.82) is 0 Å². The molecule has 1 aromatic carbocycles. The quantitative estimate of drug-likeness (QED) is 0.383. The van der Waals surface area contributed by atoms with Gasteiger partial charge in [0.1, 0.15) is 11.5 Å². The van der Waals surface area contributed by atoms with Gasteiger partial charge in [-0.1, -0.05) is 18.9 Å². The lowest BCUT2D eigenvalue weighted by molar-refractivity contribution is -0.122. The molecular weight excluding hydrogens is 518 g/mol. The van der Waals surface area contributed by atoms with Crippen LogP contribution in [-0.2, 0) is 4.79 Å². The van der Waals surface area contributed by atoms with Crippen molar-refractivity contribution in [2.75, 3.05) is 20.8 Å². The smallest absolute Gasteiger partial charge is 0.272 e. The minimum atomic E-state index is -0.247. The molecule has 9 heteroatoms. The van der Waals surface area contributed by atoms with Crippen LogP contribution in [0.4, 0.5) is 0 Å². The molecular formula is C32H45N5O4. The van der Waals surface area contributed by atoms with Crippen LogP contribution in [0, 0.1) is 0 Å². The second-order valence-electron chi connectivity index (χ2n) is 12.4. The van der Waals surface area contributed by atoms with E-state index in [1.807, 2.05) is 28.9 Å². The molecule has 2 amide bonds. The number of aromatic nitrogens is 2. The standard InChI is InChI=1S/C32H45N5O4/c1-40-28-11-6-12-29(41-2)31(28)27-20-26(35-37(27)25-9-3-4-10-25)32(39)34-22(19-30(38)33-21-7-5-8-21)17-18-36-23-13-14-24(36)16-15-23/h6,11-12,20-25H,3-5,7-10,13-19H2,1-2H3,(H,33,38)(H,34,39)/t22-,23?,24?/m0/s1. The predicted octanol–water partition coefficient (Wildman–Crippen LogP) is 4.86. The number of hydrogen-bond donors (Lipinski definition) is 2. The van der Waals surface area contributed by atoms with Gasteiger partial charge in [0.2, 0.25) is 5.91 Å². The van der Waals surface area contributed by atoms with Crippen LogP contribution in [0.1, 0.15) is 100 Å². The molecule has 3 heterocycles. The van der Waals surface area contributed by atoms with Crippen molar-refractivity contribution >= 4 is 11.8 Å². The van der Waals surface area contributed by atoms with Crippen molar-refractivity contribution in [3.63, 3.8) is 0 Å². The van der Waals surface area contributed by atoms with Gasteiger partial charge in [-0.2, -0.15) is 5.10 Å². The summed E-state index contributed by atoms with van der Waals surface area (Å²) in [6.45, 7) is 0.914. The normalized spacial score (nSPS) is 23.4. The SMILES string of the molecule is COc1cccc(OC)c1-c1cc(C(=O)N[C@@H](CCN2C3CCC2CC3)CC(=O)NC2CCC2)nn1C1CCCC1. The highest BCUT2D eigenvalue weighted by Crippen LogP contribution is 2.42. The molecule has 4 aliphatic rings. The predicted molar refractivity (Wildman–Crippen MR) is 157 cm³/mol. The molecule has 4 fully saturated rings. The van der Waals surface area contributed by atoms with E-state index in [1.165, 1.54) is 32.1 Å². The molecule has 2 N–H and O–H groups in total. The zero-order valence-electron chi connectivity index (χ0n) is 24.6. The van der Waals surface area contributed by atoms with Crippen LogP contribution in [0.3, 0.4) is 0 Å². The number of amides is 2. The van der Waals surface area contributed by atoms with Crippen LogP contribution in [0.5, 0.6) is 11.5 Å². The third kappa shape index (κ3) is 5.96. The maximum absolute atomic E-state index is 13.8. The van der Waals surface area contributed by atoms with Gasteiger partial charge in [-0.25, -0.2) is 0 Å². The van der Waals surface area contributed by atoms with E-state index in [2.05, 4.69) is 15.5 Å². The molecule has 1 atom stereocenters. The average Bonchev–Trinajstić information content (AvgIpc) is 3.77. The van der Waals surface area contributed by atoms with E-state index in [0.717, 1.165) is 62.7 Å². The number of carbonyl (C=O) groups is 2. The molecule has 0 spiro atoms. The Kier molecular flexibility index (Phi) is 8.51. The number of ether oxygens (including phenoxy) is 2. The molecule has 2 saturated carbocycles. The lowest BCUT2D eigenvalue weighted by Crippen LogP contribution is -2.45. The van der Waals surface area contributed by atoms with E-state index in [1.54, 1.807) is 14.2 Å². The molecule has 0 unspecified atom stereocenters. The molecule has 0 radical (unpaired) electrons. The summed E-state index contributed by atoms with van der Waals surface area (Å²) in [6.07, 6.45) is 13.8. The van der Waals surface area contributed by atoms with Crippen LogP contribution in [-0.4, -0.2) is 71.4 Å². The summed E-state index contributed by atoms with van der Waals surface area (Å²) in [6, 6.07) is 9.17. The third-order valence-electron chi connectivity index (χ3n) is 9.90. The summed E-state index contributed by atoms with van der Waals surface area (Å²) >= 11 is 0. The van der Waals surface area contributed by atoms with E-state index in [0.29, 0.717) is 35.7 Å². The summed E-state index contributed by atoms with van der Waals surface area (Å²) in [4.78, 5) is 29.4. The minimum absolute atomic E-state index is 0.0281. The Hall–Kier alpha value is -3.07. The topological polar surface area (TPSA) is 97.7 Å². The first-order valence-electron chi connectivity index (χ1n) is 15.7. The third-order valence-corrected chi connectivity index (χ3v) is 9.90. The Balaban J connectivity index is 1.24. The van der Waals surface area contributed by atoms with Crippen LogP contribution in [0.2, 0.25) is 0 Å². The minimum Gasteiger partial charge on any atom is -0.496 e. The zero-order chi connectivity index (χ0) is 28.3. The number of carbonyl (C=O) groups excluding carboxylic acids is 2. The van der Waals surface area contributed by atoms with Gasteiger partial charge in [0.05, 0.1) is 31.5 Å². The van der Waals surface area contributed by atoms with Crippen LogP contribution in [0.15, 0.2) is 24.3 Å². The first kappa shape index (κ1) is 28.1. The van der Waals surface area contributed by atoms with Gasteiger partial charge in [0.25, 0.3) is 5.91 Å². The van der Waals surface area contributed by atoms with E-state index in [-0.39, 0.29) is 29.9 Å². The van der Waals surface area contributed by atoms with Crippen molar-refractivity contribution in [1.82, 2.24) is 25.3 Å².